The molecule has 5 nitrogen and oxygen atoms in total. The molecular weight excluding hydrogens is 266 g/mol. The van der Waals surface area contributed by atoms with E-state index in [2.05, 4.69) is 17.1 Å². The Hall–Kier alpha value is -1.10. The van der Waals surface area contributed by atoms with Crippen molar-refractivity contribution in [2.45, 2.75) is 40.0 Å². The molecule has 0 atom stereocenters. The van der Waals surface area contributed by atoms with Gasteiger partial charge in [0.25, 0.3) is 0 Å². The van der Waals surface area contributed by atoms with Gasteiger partial charge in [-0.2, -0.15) is 0 Å². The van der Waals surface area contributed by atoms with E-state index in [-0.39, 0.29) is 11.8 Å². The molecule has 0 aliphatic carbocycles. The van der Waals surface area contributed by atoms with Crippen LogP contribution in [-0.2, 0) is 9.59 Å². The van der Waals surface area contributed by atoms with Gasteiger partial charge >= 0.3 is 0 Å². The number of carbonyl (C=O) groups excluding carboxylic acids is 2. The second-order valence-corrected chi connectivity index (χ2v) is 7.01. The van der Waals surface area contributed by atoms with Gasteiger partial charge in [0.05, 0.1) is 0 Å². The van der Waals surface area contributed by atoms with Crippen molar-refractivity contribution >= 4 is 11.8 Å². The van der Waals surface area contributed by atoms with Crippen LogP contribution in [0.3, 0.4) is 0 Å². The number of rotatable bonds is 6. The van der Waals surface area contributed by atoms with Crippen molar-refractivity contribution in [3.63, 3.8) is 0 Å². The third kappa shape index (κ3) is 5.30. The van der Waals surface area contributed by atoms with E-state index >= 15 is 0 Å². The van der Waals surface area contributed by atoms with E-state index < -0.39 is 5.41 Å². The largest absolute Gasteiger partial charge is 0.355 e. The number of nitrogens with zero attached hydrogens (tertiary/aromatic N) is 2. The lowest BCUT2D eigenvalue weighted by molar-refractivity contribution is -0.149. The number of nitrogens with one attached hydrogen (secondary N) is 1. The van der Waals surface area contributed by atoms with Gasteiger partial charge in [0.1, 0.15) is 5.41 Å². The molecule has 1 aliphatic rings. The number of hydrogen-bond donors (Lipinski definition) is 1. The maximum Gasteiger partial charge on any atom is 0.237 e. The first-order valence-corrected chi connectivity index (χ1v) is 7.97. The summed E-state index contributed by atoms with van der Waals surface area (Å²) < 4.78 is 0. The van der Waals surface area contributed by atoms with Crippen molar-refractivity contribution in [1.29, 1.82) is 0 Å². The lowest BCUT2D eigenvalue weighted by atomic mass is 9.88. The fourth-order valence-corrected chi connectivity index (χ4v) is 2.52. The molecule has 0 saturated carbocycles. The van der Waals surface area contributed by atoms with E-state index in [0.717, 1.165) is 38.9 Å². The molecule has 1 N–H and O–H groups in total. The second kappa shape index (κ2) is 7.78. The maximum absolute atomic E-state index is 12.6. The zero-order chi connectivity index (χ0) is 16.0. The zero-order valence-electron chi connectivity index (χ0n) is 14.2. The highest BCUT2D eigenvalue weighted by atomic mass is 16.2. The summed E-state index contributed by atoms with van der Waals surface area (Å²) in [6.07, 6.45) is 2.96. The van der Waals surface area contributed by atoms with Crippen LogP contribution in [0.2, 0.25) is 0 Å². The molecule has 1 fully saturated rings. The van der Waals surface area contributed by atoms with Crippen LogP contribution in [0.15, 0.2) is 0 Å². The Balaban J connectivity index is 2.46. The predicted molar refractivity (Wildman–Crippen MR) is 84.9 cm³/mol. The molecule has 21 heavy (non-hydrogen) atoms. The number of hydrogen-bond acceptors (Lipinski definition) is 3. The highest BCUT2D eigenvalue weighted by Gasteiger charge is 2.39. The second-order valence-electron chi connectivity index (χ2n) is 7.01. The van der Waals surface area contributed by atoms with Crippen LogP contribution in [-0.4, -0.2) is 61.9 Å². The minimum atomic E-state index is -0.974. The predicted octanol–water partition coefficient (Wildman–Crippen LogP) is 1.34. The Morgan fingerprint density at radius 1 is 1.24 bits per heavy atom. The van der Waals surface area contributed by atoms with Gasteiger partial charge in [-0.05, 0) is 59.7 Å². The van der Waals surface area contributed by atoms with Gasteiger partial charge in [-0.3, -0.25) is 9.59 Å². The van der Waals surface area contributed by atoms with Gasteiger partial charge in [0.15, 0.2) is 0 Å². The minimum absolute atomic E-state index is 0.0421. The quantitative estimate of drug-likeness (QED) is 0.594. The lowest BCUT2D eigenvalue weighted by Gasteiger charge is -2.35. The fraction of sp³-hybridized carbons (Fsp3) is 0.875. The first-order valence-electron chi connectivity index (χ1n) is 7.97. The topological polar surface area (TPSA) is 52.7 Å². The van der Waals surface area contributed by atoms with Gasteiger partial charge in [0, 0.05) is 19.6 Å². The minimum Gasteiger partial charge on any atom is -0.355 e. The van der Waals surface area contributed by atoms with Gasteiger partial charge in [0.2, 0.25) is 11.8 Å². The Morgan fingerprint density at radius 3 is 2.33 bits per heavy atom. The maximum atomic E-state index is 12.6. The summed E-state index contributed by atoms with van der Waals surface area (Å²) in [5, 5.41) is 2.89. The summed E-state index contributed by atoms with van der Waals surface area (Å²) in [4.78, 5) is 28.8. The molecule has 122 valence electrons. The monoisotopic (exact) mass is 297 g/mol. The first kappa shape index (κ1) is 18.0. The Morgan fingerprint density at radius 2 is 1.81 bits per heavy atom. The summed E-state index contributed by atoms with van der Waals surface area (Å²) in [5.74, 6) is 0.474. The van der Waals surface area contributed by atoms with Crippen molar-refractivity contribution in [3.05, 3.63) is 0 Å². The molecule has 1 aliphatic heterocycles. The normalized spacial score (nSPS) is 17.1. The van der Waals surface area contributed by atoms with E-state index in [1.54, 1.807) is 13.8 Å². The molecule has 0 aromatic rings. The molecule has 2 amide bonds. The van der Waals surface area contributed by atoms with Crippen molar-refractivity contribution < 1.29 is 9.59 Å². The molecule has 5 heteroatoms. The molecular formula is C16H31N3O2. The number of likely N-dealkylation sites (tertiary alicyclic amines) is 1. The highest BCUT2D eigenvalue weighted by Crippen LogP contribution is 2.24. The fourth-order valence-electron chi connectivity index (χ4n) is 2.52. The van der Waals surface area contributed by atoms with Crippen molar-refractivity contribution in [2.75, 3.05) is 40.3 Å². The zero-order valence-corrected chi connectivity index (χ0v) is 14.2. The molecule has 0 aromatic carbocycles. The average Bonchev–Trinajstić information content (AvgIpc) is 2.43. The average molecular weight is 297 g/mol. The summed E-state index contributed by atoms with van der Waals surface area (Å²) in [6.45, 7) is 8.77. The van der Waals surface area contributed by atoms with Crippen LogP contribution in [0.25, 0.3) is 0 Å². The smallest absolute Gasteiger partial charge is 0.237 e. The van der Waals surface area contributed by atoms with Gasteiger partial charge in [-0.1, -0.05) is 6.92 Å². The molecule has 1 rings (SSSR count). The Bertz CT molecular complexity index is 359. The lowest BCUT2D eigenvalue weighted by Crippen LogP contribution is -2.51. The van der Waals surface area contributed by atoms with Crippen LogP contribution < -0.4 is 5.32 Å². The van der Waals surface area contributed by atoms with Crippen LogP contribution in [0, 0.1) is 11.3 Å². The summed E-state index contributed by atoms with van der Waals surface area (Å²) in [5.41, 5.74) is -0.974. The number of piperidine rings is 1. The molecule has 0 radical (unpaired) electrons. The first-order chi connectivity index (χ1) is 9.75. The van der Waals surface area contributed by atoms with Crippen molar-refractivity contribution in [2.24, 2.45) is 11.3 Å². The van der Waals surface area contributed by atoms with E-state index in [1.165, 1.54) is 0 Å². The SMILES string of the molecule is CC1CCN(C(=O)C(C)(C)C(=O)NCCCN(C)C)CC1. The molecule has 0 aromatic heterocycles. The van der Waals surface area contributed by atoms with E-state index in [9.17, 15) is 9.59 Å². The van der Waals surface area contributed by atoms with E-state index in [0.29, 0.717) is 12.5 Å². The summed E-state index contributed by atoms with van der Waals surface area (Å²) in [7, 11) is 4.01. The van der Waals surface area contributed by atoms with E-state index in [4.69, 9.17) is 0 Å². The van der Waals surface area contributed by atoms with E-state index in [1.807, 2.05) is 19.0 Å². The van der Waals surface area contributed by atoms with Crippen LogP contribution >= 0.6 is 0 Å². The number of carbonyl (C=O) groups is 2. The molecule has 0 spiro atoms. The highest BCUT2D eigenvalue weighted by molar-refractivity contribution is 6.04. The van der Waals surface area contributed by atoms with Gasteiger partial charge in [-0.15, -0.1) is 0 Å². The van der Waals surface area contributed by atoms with Crippen LogP contribution in [0.1, 0.15) is 40.0 Å². The number of amides is 2. The third-order valence-electron chi connectivity index (χ3n) is 4.24. The van der Waals surface area contributed by atoms with Crippen LogP contribution in [0.5, 0.6) is 0 Å². The molecule has 1 heterocycles. The van der Waals surface area contributed by atoms with Gasteiger partial charge < -0.3 is 15.1 Å². The summed E-state index contributed by atoms with van der Waals surface area (Å²) >= 11 is 0. The third-order valence-corrected chi connectivity index (χ3v) is 4.24. The summed E-state index contributed by atoms with van der Waals surface area (Å²) in [6, 6.07) is 0. The Kier molecular flexibility index (Phi) is 6.65. The molecule has 1 saturated heterocycles. The van der Waals surface area contributed by atoms with Gasteiger partial charge in [-0.25, -0.2) is 0 Å². The molecule has 0 bridgehead atoms. The van der Waals surface area contributed by atoms with Crippen LogP contribution in [0.4, 0.5) is 0 Å². The standard InChI is InChI=1S/C16H31N3O2/c1-13-7-11-19(12-8-13)15(21)16(2,3)14(20)17-9-6-10-18(4)5/h13H,6-12H2,1-5H3,(H,17,20). The Labute approximate surface area is 129 Å². The van der Waals surface area contributed by atoms with Crippen molar-refractivity contribution in [1.82, 2.24) is 15.1 Å². The van der Waals surface area contributed by atoms with Crippen molar-refractivity contribution in [3.8, 4) is 0 Å². The molecule has 0 unspecified atom stereocenters.